The van der Waals surface area contributed by atoms with Crippen LogP contribution in [0, 0.1) is 10.1 Å². The number of carbonyl (C=O) groups is 2. The second-order valence-electron chi connectivity index (χ2n) is 6.45. The molecule has 0 fully saturated rings. The average molecular weight is 502 g/mol. The van der Waals surface area contributed by atoms with Gasteiger partial charge in [-0.2, -0.15) is 0 Å². The van der Waals surface area contributed by atoms with Crippen molar-refractivity contribution in [3.8, 4) is 11.5 Å². The van der Waals surface area contributed by atoms with Crippen LogP contribution in [0.5, 0.6) is 11.5 Å². The molecule has 0 aliphatic rings. The lowest BCUT2D eigenvalue weighted by Crippen LogP contribution is -2.14. The second kappa shape index (κ2) is 11.8. The van der Waals surface area contributed by atoms with E-state index < -0.39 is 10.8 Å². The summed E-state index contributed by atoms with van der Waals surface area (Å²) in [6, 6.07) is 10.9. The number of hydrogen-bond donors (Lipinski definition) is 2. The van der Waals surface area contributed by atoms with Gasteiger partial charge in [0.25, 0.3) is 5.69 Å². The lowest BCUT2D eigenvalue weighted by molar-refractivity contribution is -0.384. The summed E-state index contributed by atoms with van der Waals surface area (Å²) in [7, 11) is 3.07. The first-order valence-corrected chi connectivity index (χ1v) is 11.4. The highest BCUT2D eigenvalue weighted by Gasteiger charge is 2.12. The zero-order valence-electron chi connectivity index (χ0n) is 18.0. The Morgan fingerprint density at radius 2 is 1.91 bits per heavy atom. The summed E-state index contributed by atoms with van der Waals surface area (Å²) in [6.45, 7) is 0. The van der Waals surface area contributed by atoms with Gasteiger partial charge in [0.1, 0.15) is 0 Å². The van der Waals surface area contributed by atoms with Crippen molar-refractivity contribution in [2.24, 2.45) is 0 Å². The number of nitrogens with one attached hydrogen (secondary N) is 2. The van der Waals surface area contributed by atoms with Crippen LogP contribution in [0.4, 0.5) is 16.5 Å². The van der Waals surface area contributed by atoms with E-state index in [0.717, 1.165) is 28.7 Å². The lowest BCUT2D eigenvalue weighted by Gasteiger charge is -2.07. The molecule has 0 saturated heterocycles. The van der Waals surface area contributed by atoms with E-state index in [4.69, 9.17) is 9.47 Å². The third-order valence-corrected chi connectivity index (χ3v) is 6.11. The molecular formula is C21H19N5O6S2. The van der Waals surface area contributed by atoms with Gasteiger partial charge in [0.2, 0.25) is 16.9 Å². The number of nitrogens with zero attached hydrogens (tertiary/aromatic N) is 3. The van der Waals surface area contributed by atoms with Crippen molar-refractivity contribution < 1.29 is 24.0 Å². The summed E-state index contributed by atoms with van der Waals surface area (Å²) >= 11 is 2.25. The molecule has 0 saturated carbocycles. The Hall–Kier alpha value is -3.97. The number of hydrogen-bond acceptors (Lipinski definition) is 10. The summed E-state index contributed by atoms with van der Waals surface area (Å²) in [5, 5.41) is 24.1. The number of rotatable bonds is 10. The Morgan fingerprint density at radius 3 is 2.65 bits per heavy atom. The fourth-order valence-electron chi connectivity index (χ4n) is 2.62. The van der Waals surface area contributed by atoms with Gasteiger partial charge in [-0.15, -0.1) is 10.2 Å². The van der Waals surface area contributed by atoms with Gasteiger partial charge in [0.15, 0.2) is 15.8 Å². The van der Waals surface area contributed by atoms with Crippen LogP contribution in [0.25, 0.3) is 6.08 Å². The second-order valence-corrected chi connectivity index (χ2v) is 8.65. The number of amides is 2. The van der Waals surface area contributed by atoms with Gasteiger partial charge in [0, 0.05) is 23.9 Å². The molecule has 0 atom stereocenters. The van der Waals surface area contributed by atoms with Crippen LogP contribution in [0.3, 0.4) is 0 Å². The maximum absolute atomic E-state index is 12.2. The minimum Gasteiger partial charge on any atom is -0.493 e. The fraction of sp³-hybridized carbons (Fsp3) is 0.143. The number of non-ortho nitro benzene ring substituents is 1. The van der Waals surface area contributed by atoms with Crippen LogP contribution in [-0.4, -0.2) is 46.9 Å². The average Bonchev–Trinajstić information content (AvgIpc) is 3.28. The number of aromatic nitrogens is 2. The van der Waals surface area contributed by atoms with E-state index in [2.05, 4.69) is 20.8 Å². The third kappa shape index (κ3) is 7.02. The van der Waals surface area contributed by atoms with Crippen LogP contribution < -0.4 is 20.1 Å². The predicted octanol–water partition coefficient (Wildman–Crippen LogP) is 3.85. The van der Waals surface area contributed by atoms with Crippen molar-refractivity contribution >= 4 is 57.5 Å². The first-order chi connectivity index (χ1) is 16.4. The first-order valence-electron chi connectivity index (χ1n) is 9.59. The Balaban J connectivity index is 1.50. The summed E-state index contributed by atoms with van der Waals surface area (Å²) in [5.74, 6) is 0.395. The van der Waals surface area contributed by atoms with E-state index >= 15 is 0 Å². The molecule has 13 heteroatoms. The molecule has 1 aromatic heterocycles. The van der Waals surface area contributed by atoms with Crippen LogP contribution in [0.1, 0.15) is 5.56 Å². The fourth-order valence-corrected chi connectivity index (χ4v) is 4.17. The van der Waals surface area contributed by atoms with Crippen molar-refractivity contribution in [1.29, 1.82) is 0 Å². The number of anilines is 2. The molecule has 2 N–H and O–H groups in total. The van der Waals surface area contributed by atoms with Gasteiger partial charge in [-0.3, -0.25) is 25.0 Å². The molecule has 11 nitrogen and oxygen atoms in total. The van der Waals surface area contributed by atoms with E-state index in [9.17, 15) is 19.7 Å². The lowest BCUT2D eigenvalue weighted by atomic mass is 10.2. The molecule has 34 heavy (non-hydrogen) atoms. The SMILES string of the molecule is COc1ccc(/C=C/C(=O)Nc2nnc(SCC(=O)Nc3cccc([N+](=O)[O-])c3)s2)cc1OC. The molecule has 0 aliphatic heterocycles. The zero-order valence-corrected chi connectivity index (χ0v) is 19.6. The van der Waals surface area contributed by atoms with Crippen molar-refractivity contribution in [1.82, 2.24) is 10.2 Å². The normalized spacial score (nSPS) is 10.6. The Kier molecular flexibility index (Phi) is 8.54. The van der Waals surface area contributed by atoms with Crippen LogP contribution >= 0.6 is 23.1 Å². The minimum absolute atomic E-state index is 0.0183. The molecule has 0 radical (unpaired) electrons. The Bertz CT molecular complexity index is 1230. The Morgan fingerprint density at radius 1 is 1.12 bits per heavy atom. The molecular weight excluding hydrogens is 482 g/mol. The molecule has 2 aromatic carbocycles. The number of nitro groups is 1. The van der Waals surface area contributed by atoms with Crippen LogP contribution in [-0.2, 0) is 9.59 Å². The largest absolute Gasteiger partial charge is 0.493 e. The van der Waals surface area contributed by atoms with E-state index in [-0.39, 0.29) is 22.5 Å². The number of carbonyl (C=O) groups excluding carboxylic acids is 2. The Labute approximate surface area is 202 Å². The van der Waals surface area contributed by atoms with Gasteiger partial charge >= 0.3 is 0 Å². The summed E-state index contributed by atoms with van der Waals surface area (Å²) in [5.41, 5.74) is 0.956. The molecule has 0 spiro atoms. The zero-order chi connectivity index (χ0) is 24.5. The standard InChI is InChI=1S/C21H19N5O6S2/c1-31-16-8-6-13(10-17(16)32-2)7-9-18(27)23-20-24-25-21(34-20)33-12-19(28)22-14-4-3-5-15(11-14)26(29)30/h3-11H,12H2,1-2H3,(H,22,28)(H,23,24,27)/b9-7+. The number of thioether (sulfide) groups is 1. The smallest absolute Gasteiger partial charge is 0.271 e. The van der Waals surface area contributed by atoms with E-state index in [1.807, 2.05) is 0 Å². The topological polar surface area (TPSA) is 146 Å². The minimum atomic E-state index is -0.537. The van der Waals surface area contributed by atoms with E-state index in [1.165, 1.54) is 31.4 Å². The number of benzene rings is 2. The van der Waals surface area contributed by atoms with Gasteiger partial charge in [0.05, 0.1) is 24.9 Å². The van der Waals surface area contributed by atoms with Gasteiger partial charge in [-0.25, -0.2) is 0 Å². The van der Waals surface area contributed by atoms with E-state index in [0.29, 0.717) is 21.5 Å². The van der Waals surface area contributed by atoms with Crippen LogP contribution in [0.2, 0.25) is 0 Å². The highest BCUT2D eigenvalue weighted by molar-refractivity contribution is 8.01. The predicted molar refractivity (Wildman–Crippen MR) is 130 cm³/mol. The molecule has 2 amide bonds. The van der Waals surface area contributed by atoms with Gasteiger partial charge in [-0.05, 0) is 29.8 Å². The molecule has 3 rings (SSSR count). The summed E-state index contributed by atoms with van der Waals surface area (Å²) in [6.07, 6.45) is 2.97. The van der Waals surface area contributed by atoms with E-state index in [1.54, 1.807) is 37.5 Å². The van der Waals surface area contributed by atoms with Crippen LogP contribution in [0.15, 0.2) is 52.9 Å². The molecule has 0 unspecified atom stereocenters. The maximum atomic E-state index is 12.2. The maximum Gasteiger partial charge on any atom is 0.271 e. The number of nitro benzene ring substituents is 1. The van der Waals surface area contributed by atoms with Gasteiger partial charge in [-0.1, -0.05) is 35.2 Å². The highest BCUT2D eigenvalue weighted by atomic mass is 32.2. The monoisotopic (exact) mass is 501 g/mol. The van der Waals surface area contributed by atoms with Crippen molar-refractivity contribution in [2.75, 3.05) is 30.6 Å². The van der Waals surface area contributed by atoms with Gasteiger partial charge < -0.3 is 14.8 Å². The number of ether oxygens (including phenoxy) is 2. The molecule has 0 aliphatic carbocycles. The quantitative estimate of drug-likeness (QED) is 0.139. The summed E-state index contributed by atoms with van der Waals surface area (Å²) in [4.78, 5) is 34.6. The molecule has 1 heterocycles. The first kappa shape index (κ1) is 24.7. The van der Waals surface area contributed by atoms with Crippen molar-refractivity contribution in [3.63, 3.8) is 0 Å². The van der Waals surface area contributed by atoms with Crippen molar-refractivity contribution in [3.05, 3.63) is 64.2 Å². The van der Waals surface area contributed by atoms with Crippen molar-refractivity contribution in [2.45, 2.75) is 4.34 Å². The molecule has 3 aromatic rings. The third-order valence-electron chi connectivity index (χ3n) is 4.14. The molecule has 0 bridgehead atoms. The summed E-state index contributed by atoms with van der Waals surface area (Å²) < 4.78 is 10.9. The molecule has 176 valence electrons. The highest BCUT2D eigenvalue weighted by Crippen LogP contribution is 2.28. The number of methoxy groups -OCH3 is 2.